The first-order valence-electron chi connectivity index (χ1n) is 10.9. The zero-order chi connectivity index (χ0) is 21.6. The van der Waals surface area contributed by atoms with Gasteiger partial charge >= 0.3 is 0 Å². The van der Waals surface area contributed by atoms with Gasteiger partial charge in [0, 0.05) is 32.4 Å². The normalized spacial score (nSPS) is 16.9. The maximum absolute atomic E-state index is 13.4. The SMILES string of the molecule is CCCN1CCN(C(=O)c2ccn[nH]2)C[C@@H](Cc2ccccc2-c2ccccc2)C1=O. The topological polar surface area (TPSA) is 69.3 Å². The van der Waals surface area contributed by atoms with Gasteiger partial charge in [0.05, 0.1) is 5.92 Å². The van der Waals surface area contributed by atoms with Gasteiger partial charge in [-0.1, -0.05) is 61.5 Å². The average Bonchev–Trinajstić information content (AvgIpc) is 3.30. The van der Waals surface area contributed by atoms with Crippen LogP contribution in [0.5, 0.6) is 0 Å². The van der Waals surface area contributed by atoms with E-state index in [2.05, 4.69) is 41.4 Å². The predicted molar refractivity (Wildman–Crippen MR) is 120 cm³/mol. The van der Waals surface area contributed by atoms with Crippen molar-refractivity contribution in [1.82, 2.24) is 20.0 Å². The number of nitrogens with one attached hydrogen (secondary N) is 1. The van der Waals surface area contributed by atoms with Gasteiger partial charge in [-0.2, -0.15) is 5.10 Å². The van der Waals surface area contributed by atoms with E-state index >= 15 is 0 Å². The van der Waals surface area contributed by atoms with E-state index in [9.17, 15) is 9.59 Å². The summed E-state index contributed by atoms with van der Waals surface area (Å²) in [5, 5.41) is 6.66. The highest BCUT2D eigenvalue weighted by atomic mass is 16.2. The lowest BCUT2D eigenvalue weighted by molar-refractivity contribution is -0.134. The van der Waals surface area contributed by atoms with Crippen molar-refractivity contribution in [2.24, 2.45) is 5.92 Å². The van der Waals surface area contributed by atoms with Crippen LogP contribution in [0.2, 0.25) is 0 Å². The Morgan fingerprint density at radius 2 is 1.84 bits per heavy atom. The summed E-state index contributed by atoms with van der Waals surface area (Å²) in [5.41, 5.74) is 3.85. The molecule has 2 aromatic carbocycles. The van der Waals surface area contributed by atoms with Gasteiger partial charge < -0.3 is 9.80 Å². The number of nitrogens with zero attached hydrogens (tertiary/aromatic N) is 3. The van der Waals surface area contributed by atoms with Crippen LogP contribution in [-0.2, 0) is 11.2 Å². The Labute approximate surface area is 182 Å². The Kier molecular flexibility index (Phi) is 6.46. The standard InChI is InChI=1S/C25H28N4O2/c1-2-14-28-15-16-29(25(31)23-12-13-26-27-23)18-21(24(28)30)17-20-10-6-7-11-22(20)19-8-4-3-5-9-19/h3-13,21H,2,14-18H2,1H3,(H,26,27)/t21-/m1/s1. The summed E-state index contributed by atoms with van der Waals surface area (Å²) in [5.74, 6) is -0.264. The van der Waals surface area contributed by atoms with E-state index in [4.69, 9.17) is 0 Å². The third-order valence-corrected chi connectivity index (χ3v) is 5.82. The molecule has 1 saturated heterocycles. The van der Waals surface area contributed by atoms with E-state index in [0.717, 1.165) is 23.1 Å². The van der Waals surface area contributed by atoms with E-state index in [-0.39, 0.29) is 17.7 Å². The van der Waals surface area contributed by atoms with Crippen LogP contribution in [0.4, 0.5) is 0 Å². The van der Waals surface area contributed by atoms with Crippen molar-refractivity contribution in [3.8, 4) is 11.1 Å². The van der Waals surface area contributed by atoms with Gasteiger partial charge in [-0.05, 0) is 35.6 Å². The second kappa shape index (κ2) is 9.60. The number of carbonyl (C=O) groups excluding carboxylic acids is 2. The molecule has 1 aliphatic rings. The monoisotopic (exact) mass is 416 g/mol. The maximum Gasteiger partial charge on any atom is 0.271 e. The molecule has 2 heterocycles. The molecule has 0 spiro atoms. The minimum Gasteiger partial charge on any atom is -0.341 e. The van der Waals surface area contributed by atoms with Crippen LogP contribution >= 0.6 is 0 Å². The molecule has 0 bridgehead atoms. The van der Waals surface area contributed by atoms with Crippen molar-refractivity contribution in [1.29, 1.82) is 0 Å². The summed E-state index contributed by atoms with van der Waals surface area (Å²) in [4.78, 5) is 30.1. The molecule has 0 unspecified atom stereocenters. The first kappa shape index (κ1) is 20.8. The molecule has 1 aliphatic heterocycles. The number of hydrogen-bond donors (Lipinski definition) is 1. The van der Waals surface area contributed by atoms with Crippen molar-refractivity contribution in [2.45, 2.75) is 19.8 Å². The molecule has 6 nitrogen and oxygen atoms in total. The smallest absolute Gasteiger partial charge is 0.271 e. The zero-order valence-corrected chi connectivity index (χ0v) is 17.8. The van der Waals surface area contributed by atoms with Crippen LogP contribution < -0.4 is 0 Å². The lowest BCUT2D eigenvalue weighted by Crippen LogP contribution is -2.38. The van der Waals surface area contributed by atoms with Crippen LogP contribution in [0.1, 0.15) is 29.4 Å². The molecule has 1 N–H and O–H groups in total. The van der Waals surface area contributed by atoms with Gasteiger partial charge in [-0.25, -0.2) is 0 Å². The van der Waals surface area contributed by atoms with Crippen molar-refractivity contribution in [2.75, 3.05) is 26.2 Å². The maximum atomic E-state index is 13.4. The molecule has 1 aromatic heterocycles. The summed E-state index contributed by atoms with van der Waals surface area (Å²) in [6.45, 7) is 4.27. The van der Waals surface area contributed by atoms with Crippen molar-refractivity contribution in [3.63, 3.8) is 0 Å². The first-order chi connectivity index (χ1) is 15.2. The highest BCUT2D eigenvalue weighted by Gasteiger charge is 2.33. The van der Waals surface area contributed by atoms with E-state index in [0.29, 0.717) is 38.3 Å². The van der Waals surface area contributed by atoms with E-state index in [1.54, 1.807) is 17.2 Å². The van der Waals surface area contributed by atoms with Gasteiger partial charge in [0.25, 0.3) is 5.91 Å². The minimum atomic E-state index is -0.286. The van der Waals surface area contributed by atoms with Crippen LogP contribution in [0, 0.1) is 5.92 Å². The zero-order valence-electron chi connectivity index (χ0n) is 17.8. The molecule has 3 aromatic rings. The number of aromatic amines is 1. The number of rotatable bonds is 6. The third-order valence-electron chi connectivity index (χ3n) is 5.82. The van der Waals surface area contributed by atoms with Gasteiger partial charge in [0.1, 0.15) is 5.69 Å². The van der Waals surface area contributed by atoms with Crippen molar-refractivity contribution < 1.29 is 9.59 Å². The summed E-state index contributed by atoms with van der Waals surface area (Å²) < 4.78 is 0. The van der Waals surface area contributed by atoms with Crippen molar-refractivity contribution >= 4 is 11.8 Å². The Balaban J connectivity index is 1.63. The average molecular weight is 417 g/mol. The molecule has 1 fully saturated rings. The molecule has 4 rings (SSSR count). The highest BCUT2D eigenvalue weighted by Crippen LogP contribution is 2.27. The second-order valence-corrected chi connectivity index (χ2v) is 7.97. The fourth-order valence-corrected chi connectivity index (χ4v) is 4.28. The number of hydrogen-bond acceptors (Lipinski definition) is 3. The van der Waals surface area contributed by atoms with Crippen LogP contribution in [0.25, 0.3) is 11.1 Å². The number of carbonyl (C=O) groups is 2. The molecular formula is C25H28N4O2. The number of H-pyrrole nitrogens is 1. The molecule has 1 atom stereocenters. The largest absolute Gasteiger partial charge is 0.341 e. The van der Waals surface area contributed by atoms with Crippen LogP contribution in [0.15, 0.2) is 66.9 Å². The van der Waals surface area contributed by atoms with Gasteiger partial charge in [-0.15, -0.1) is 0 Å². The summed E-state index contributed by atoms with van der Waals surface area (Å²) in [6.07, 6.45) is 3.07. The molecule has 0 radical (unpaired) electrons. The van der Waals surface area contributed by atoms with E-state index in [1.165, 1.54) is 0 Å². The molecule has 6 heteroatoms. The molecule has 31 heavy (non-hydrogen) atoms. The molecular weight excluding hydrogens is 388 g/mol. The summed E-state index contributed by atoms with van der Waals surface area (Å²) in [6, 6.07) is 20.1. The van der Waals surface area contributed by atoms with Crippen molar-refractivity contribution in [3.05, 3.63) is 78.1 Å². The van der Waals surface area contributed by atoms with Crippen LogP contribution in [-0.4, -0.2) is 58.0 Å². The Morgan fingerprint density at radius 1 is 1.06 bits per heavy atom. The highest BCUT2D eigenvalue weighted by molar-refractivity contribution is 5.93. The minimum absolute atomic E-state index is 0.106. The van der Waals surface area contributed by atoms with Gasteiger partial charge in [-0.3, -0.25) is 14.7 Å². The van der Waals surface area contributed by atoms with E-state index < -0.39 is 0 Å². The first-order valence-corrected chi connectivity index (χ1v) is 10.9. The number of benzene rings is 2. The summed E-state index contributed by atoms with van der Waals surface area (Å²) in [7, 11) is 0. The quantitative estimate of drug-likeness (QED) is 0.667. The second-order valence-electron chi connectivity index (χ2n) is 7.97. The molecule has 2 amide bonds. The Hall–Kier alpha value is -3.41. The molecule has 160 valence electrons. The Morgan fingerprint density at radius 3 is 2.58 bits per heavy atom. The van der Waals surface area contributed by atoms with E-state index in [1.807, 2.05) is 35.2 Å². The lowest BCUT2D eigenvalue weighted by atomic mass is 9.91. The lowest BCUT2D eigenvalue weighted by Gasteiger charge is -2.24. The molecule has 0 saturated carbocycles. The molecule has 0 aliphatic carbocycles. The number of aromatic nitrogens is 2. The third kappa shape index (κ3) is 4.68. The Bertz CT molecular complexity index is 1020. The summed E-state index contributed by atoms with van der Waals surface area (Å²) >= 11 is 0. The van der Waals surface area contributed by atoms with Crippen LogP contribution in [0.3, 0.4) is 0 Å². The van der Waals surface area contributed by atoms with Gasteiger partial charge in [0.15, 0.2) is 0 Å². The number of amides is 2. The fourth-order valence-electron chi connectivity index (χ4n) is 4.28. The van der Waals surface area contributed by atoms with Gasteiger partial charge in [0.2, 0.25) is 5.91 Å². The fraction of sp³-hybridized carbons (Fsp3) is 0.320. The predicted octanol–water partition coefficient (Wildman–Crippen LogP) is 3.63.